The van der Waals surface area contributed by atoms with Gasteiger partial charge < -0.3 is 15.3 Å². The molecule has 1 heterocycles. The number of aliphatic hydroxyl groups is 1. The van der Waals surface area contributed by atoms with E-state index in [0.717, 1.165) is 36.8 Å². The molecule has 2 N–H and O–H groups in total. The number of nitrogens with one attached hydrogen (secondary N) is 1. The van der Waals surface area contributed by atoms with Gasteiger partial charge in [-0.15, -0.1) is 0 Å². The first kappa shape index (κ1) is 17.2. The van der Waals surface area contributed by atoms with Gasteiger partial charge in [-0.3, -0.25) is 0 Å². The lowest BCUT2D eigenvalue weighted by Crippen LogP contribution is -2.45. The van der Waals surface area contributed by atoms with Gasteiger partial charge in [-0.05, 0) is 62.9 Å². The maximum absolute atomic E-state index is 9.11. The summed E-state index contributed by atoms with van der Waals surface area (Å²) in [6, 6.07) is 0.736. The highest BCUT2D eigenvalue weighted by molar-refractivity contribution is 4.88. The number of likely N-dealkylation sites (tertiary alicyclic amines) is 1. The molecule has 1 saturated carbocycles. The van der Waals surface area contributed by atoms with E-state index in [2.05, 4.69) is 24.1 Å². The van der Waals surface area contributed by atoms with Crippen LogP contribution < -0.4 is 5.32 Å². The van der Waals surface area contributed by atoms with E-state index in [1.54, 1.807) is 0 Å². The standard InChI is InChI=1S/C18H36N2O/c1-3-5-15-6-7-18(19-4-2)17(12-15)14-20-10-8-16(13-20)9-11-21/h15-19,21H,3-14H2,1-2H3. The molecule has 0 aromatic heterocycles. The molecule has 0 aromatic carbocycles. The van der Waals surface area contributed by atoms with Crippen LogP contribution in [0.1, 0.15) is 58.8 Å². The number of hydrogen-bond donors (Lipinski definition) is 2. The van der Waals surface area contributed by atoms with Gasteiger partial charge in [0.2, 0.25) is 0 Å². The van der Waals surface area contributed by atoms with Crippen molar-refractivity contribution in [2.24, 2.45) is 17.8 Å². The van der Waals surface area contributed by atoms with Gasteiger partial charge in [-0.1, -0.05) is 26.7 Å². The second-order valence-corrected chi connectivity index (χ2v) is 7.32. The molecule has 2 rings (SSSR count). The molecule has 0 radical (unpaired) electrons. The van der Waals surface area contributed by atoms with E-state index in [9.17, 15) is 0 Å². The second kappa shape index (κ2) is 9.12. The number of rotatable bonds is 8. The van der Waals surface area contributed by atoms with Crippen molar-refractivity contribution in [1.82, 2.24) is 10.2 Å². The van der Waals surface area contributed by atoms with Crippen LogP contribution in [0.15, 0.2) is 0 Å². The summed E-state index contributed by atoms with van der Waals surface area (Å²) in [6.07, 6.45) is 9.26. The SMILES string of the molecule is CCCC1CCC(NCC)C(CN2CCC(CCO)C2)C1. The van der Waals surface area contributed by atoms with Gasteiger partial charge >= 0.3 is 0 Å². The van der Waals surface area contributed by atoms with Crippen molar-refractivity contribution >= 4 is 0 Å². The molecular formula is C18H36N2O. The molecule has 3 nitrogen and oxygen atoms in total. The predicted molar refractivity (Wildman–Crippen MR) is 89.5 cm³/mol. The molecule has 2 fully saturated rings. The van der Waals surface area contributed by atoms with Gasteiger partial charge in [0.05, 0.1) is 0 Å². The van der Waals surface area contributed by atoms with Gasteiger partial charge in [0, 0.05) is 25.7 Å². The largest absolute Gasteiger partial charge is 0.396 e. The van der Waals surface area contributed by atoms with E-state index in [1.807, 2.05) is 0 Å². The Morgan fingerprint density at radius 2 is 1.95 bits per heavy atom. The molecular weight excluding hydrogens is 260 g/mol. The van der Waals surface area contributed by atoms with E-state index in [0.29, 0.717) is 6.61 Å². The topological polar surface area (TPSA) is 35.5 Å². The highest BCUT2D eigenvalue weighted by Crippen LogP contribution is 2.34. The van der Waals surface area contributed by atoms with Crippen molar-refractivity contribution in [2.75, 3.05) is 32.8 Å². The fourth-order valence-electron chi connectivity index (χ4n) is 4.59. The summed E-state index contributed by atoms with van der Waals surface area (Å²) in [4.78, 5) is 2.67. The van der Waals surface area contributed by atoms with Crippen molar-refractivity contribution in [3.63, 3.8) is 0 Å². The zero-order chi connectivity index (χ0) is 15.1. The van der Waals surface area contributed by atoms with Gasteiger partial charge in [0.1, 0.15) is 0 Å². The van der Waals surface area contributed by atoms with Crippen LogP contribution in [-0.2, 0) is 0 Å². The van der Waals surface area contributed by atoms with Crippen LogP contribution in [0.3, 0.4) is 0 Å². The number of aliphatic hydroxyl groups excluding tert-OH is 1. The summed E-state index contributed by atoms with van der Waals surface area (Å²) in [5.41, 5.74) is 0. The molecule has 0 amide bonds. The third kappa shape index (κ3) is 5.22. The van der Waals surface area contributed by atoms with Crippen LogP contribution in [0.4, 0.5) is 0 Å². The molecule has 4 unspecified atom stereocenters. The van der Waals surface area contributed by atoms with Crippen molar-refractivity contribution in [3.05, 3.63) is 0 Å². The summed E-state index contributed by atoms with van der Waals surface area (Å²) < 4.78 is 0. The number of nitrogens with zero attached hydrogens (tertiary/aromatic N) is 1. The Morgan fingerprint density at radius 1 is 1.10 bits per heavy atom. The minimum absolute atomic E-state index is 0.362. The maximum Gasteiger partial charge on any atom is 0.0434 e. The van der Waals surface area contributed by atoms with Gasteiger partial charge in [-0.2, -0.15) is 0 Å². The van der Waals surface area contributed by atoms with Crippen molar-refractivity contribution < 1.29 is 5.11 Å². The smallest absolute Gasteiger partial charge is 0.0434 e. The molecule has 1 saturated heterocycles. The zero-order valence-corrected chi connectivity index (χ0v) is 14.2. The average Bonchev–Trinajstić information content (AvgIpc) is 2.90. The molecule has 4 atom stereocenters. The fraction of sp³-hybridized carbons (Fsp3) is 1.00. The van der Waals surface area contributed by atoms with E-state index < -0.39 is 0 Å². The molecule has 2 aliphatic rings. The third-order valence-electron chi connectivity index (χ3n) is 5.65. The van der Waals surface area contributed by atoms with Gasteiger partial charge in [0.25, 0.3) is 0 Å². The Morgan fingerprint density at radius 3 is 2.67 bits per heavy atom. The minimum Gasteiger partial charge on any atom is -0.396 e. The van der Waals surface area contributed by atoms with Crippen LogP contribution in [0.2, 0.25) is 0 Å². The molecule has 0 aromatic rings. The lowest BCUT2D eigenvalue weighted by Gasteiger charge is -2.38. The van der Waals surface area contributed by atoms with Crippen LogP contribution in [-0.4, -0.2) is 48.8 Å². The average molecular weight is 296 g/mol. The van der Waals surface area contributed by atoms with Crippen molar-refractivity contribution in [3.8, 4) is 0 Å². The fourth-order valence-corrected chi connectivity index (χ4v) is 4.59. The molecule has 0 bridgehead atoms. The Labute approximate surface area is 131 Å². The van der Waals surface area contributed by atoms with Gasteiger partial charge in [0.15, 0.2) is 0 Å². The number of hydrogen-bond acceptors (Lipinski definition) is 3. The molecule has 124 valence electrons. The summed E-state index contributed by atoms with van der Waals surface area (Å²) in [7, 11) is 0. The summed E-state index contributed by atoms with van der Waals surface area (Å²) in [5, 5.41) is 12.9. The minimum atomic E-state index is 0.362. The van der Waals surface area contributed by atoms with E-state index in [1.165, 1.54) is 58.2 Å². The second-order valence-electron chi connectivity index (χ2n) is 7.32. The zero-order valence-electron chi connectivity index (χ0n) is 14.2. The van der Waals surface area contributed by atoms with Crippen LogP contribution in [0, 0.1) is 17.8 Å². The molecule has 0 spiro atoms. The van der Waals surface area contributed by atoms with Crippen LogP contribution >= 0.6 is 0 Å². The first-order chi connectivity index (χ1) is 10.3. The highest BCUT2D eigenvalue weighted by atomic mass is 16.3. The Kier molecular flexibility index (Phi) is 7.48. The Bertz CT molecular complexity index is 284. The first-order valence-corrected chi connectivity index (χ1v) is 9.33. The summed E-state index contributed by atoms with van der Waals surface area (Å²) in [6.45, 7) is 9.77. The molecule has 21 heavy (non-hydrogen) atoms. The quantitative estimate of drug-likeness (QED) is 0.723. The first-order valence-electron chi connectivity index (χ1n) is 9.33. The highest BCUT2D eigenvalue weighted by Gasteiger charge is 2.32. The van der Waals surface area contributed by atoms with E-state index >= 15 is 0 Å². The van der Waals surface area contributed by atoms with Crippen LogP contribution in [0.25, 0.3) is 0 Å². The Balaban J connectivity index is 1.84. The summed E-state index contributed by atoms with van der Waals surface area (Å²) >= 11 is 0. The lowest BCUT2D eigenvalue weighted by atomic mass is 9.76. The third-order valence-corrected chi connectivity index (χ3v) is 5.65. The van der Waals surface area contributed by atoms with Crippen LogP contribution in [0.5, 0.6) is 0 Å². The predicted octanol–water partition coefficient (Wildman–Crippen LogP) is 2.89. The van der Waals surface area contributed by atoms with Crippen molar-refractivity contribution in [1.29, 1.82) is 0 Å². The Hall–Kier alpha value is -0.120. The summed E-state index contributed by atoms with van der Waals surface area (Å²) in [5.74, 6) is 2.54. The molecule has 3 heteroatoms. The molecule has 1 aliphatic heterocycles. The van der Waals surface area contributed by atoms with E-state index in [-0.39, 0.29) is 0 Å². The monoisotopic (exact) mass is 296 g/mol. The van der Waals surface area contributed by atoms with Gasteiger partial charge in [-0.25, -0.2) is 0 Å². The molecule has 1 aliphatic carbocycles. The van der Waals surface area contributed by atoms with E-state index in [4.69, 9.17) is 5.11 Å². The normalized spacial score (nSPS) is 34.4. The van der Waals surface area contributed by atoms with Crippen molar-refractivity contribution in [2.45, 2.75) is 64.8 Å². The lowest BCUT2D eigenvalue weighted by molar-refractivity contribution is 0.146. The maximum atomic E-state index is 9.11.